The van der Waals surface area contributed by atoms with E-state index in [1.807, 2.05) is 46.1 Å². The van der Waals surface area contributed by atoms with E-state index in [1.165, 1.54) is 17.7 Å². The molecule has 0 spiro atoms. The number of rotatable bonds is 4. The maximum atomic E-state index is 13.4. The number of aromatic amines is 1. The minimum Gasteiger partial charge on any atom is -0.360 e. The highest BCUT2D eigenvalue weighted by Gasteiger charge is 2.20. The molecule has 0 saturated heterocycles. The first-order chi connectivity index (χ1) is 14.7. The topological polar surface area (TPSA) is 53.9 Å². The molecule has 1 aliphatic rings. The van der Waals surface area contributed by atoms with Gasteiger partial charge in [0, 0.05) is 60.3 Å². The smallest absolute Gasteiger partial charge is 0.254 e. The predicted molar refractivity (Wildman–Crippen MR) is 115 cm³/mol. The zero-order valence-corrected chi connectivity index (χ0v) is 16.4. The Hall–Kier alpha value is -3.67. The summed E-state index contributed by atoms with van der Waals surface area (Å²) in [6, 6.07) is 12.6. The van der Waals surface area contributed by atoms with Crippen LogP contribution in [0.4, 0.5) is 4.39 Å². The van der Waals surface area contributed by atoms with Crippen LogP contribution >= 0.6 is 0 Å². The van der Waals surface area contributed by atoms with Gasteiger partial charge in [-0.25, -0.2) is 9.37 Å². The van der Waals surface area contributed by atoms with Crippen LogP contribution in [0.3, 0.4) is 0 Å². The molecule has 5 nitrogen and oxygen atoms in total. The van der Waals surface area contributed by atoms with E-state index in [-0.39, 0.29) is 11.7 Å². The van der Waals surface area contributed by atoms with Crippen LogP contribution < -0.4 is 0 Å². The molecule has 0 fully saturated rings. The van der Waals surface area contributed by atoms with Crippen molar-refractivity contribution in [3.63, 3.8) is 0 Å². The molecule has 2 aromatic carbocycles. The van der Waals surface area contributed by atoms with Crippen LogP contribution in [0.2, 0.25) is 0 Å². The molecule has 150 valence electrons. The van der Waals surface area contributed by atoms with Crippen molar-refractivity contribution in [2.24, 2.45) is 0 Å². The van der Waals surface area contributed by atoms with E-state index in [2.05, 4.69) is 16.0 Å². The Balaban J connectivity index is 1.28. The summed E-state index contributed by atoms with van der Waals surface area (Å²) in [6.07, 6.45) is 10.2. The van der Waals surface area contributed by atoms with Crippen molar-refractivity contribution in [3.05, 3.63) is 96.0 Å². The van der Waals surface area contributed by atoms with Crippen molar-refractivity contribution >= 4 is 22.4 Å². The highest BCUT2D eigenvalue weighted by atomic mass is 19.1. The second-order valence-corrected chi connectivity index (χ2v) is 7.55. The van der Waals surface area contributed by atoms with E-state index < -0.39 is 0 Å². The van der Waals surface area contributed by atoms with Crippen molar-refractivity contribution in [2.75, 3.05) is 13.1 Å². The molecule has 1 N–H and O–H groups in total. The SMILES string of the molecule is O=C(c1ccc(Cn2ccnc2)cc1)N1CC=C(c2c[nH]c3cc(F)ccc23)CC1. The molecule has 6 heteroatoms. The highest BCUT2D eigenvalue weighted by Crippen LogP contribution is 2.30. The van der Waals surface area contributed by atoms with E-state index >= 15 is 0 Å². The number of amides is 1. The summed E-state index contributed by atoms with van der Waals surface area (Å²) in [7, 11) is 0. The number of nitrogens with zero attached hydrogens (tertiary/aromatic N) is 3. The Bertz CT molecular complexity index is 1220. The Kier molecular flexibility index (Phi) is 4.67. The fraction of sp³-hybridized carbons (Fsp3) is 0.167. The lowest BCUT2D eigenvalue weighted by atomic mass is 9.98. The van der Waals surface area contributed by atoms with E-state index in [4.69, 9.17) is 0 Å². The first-order valence-corrected chi connectivity index (χ1v) is 9.97. The van der Waals surface area contributed by atoms with Gasteiger partial charge in [0.25, 0.3) is 5.91 Å². The molecular formula is C24H21FN4O. The van der Waals surface area contributed by atoms with Crippen LogP contribution in [0.1, 0.15) is 27.9 Å². The number of nitrogens with one attached hydrogen (secondary N) is 1. The molecule has 0 aliphatic carbocycles. The Morgan fingerprint density at radius 2 is 2.03 bits per heavy atom. The summed E-state index contributed by atoms with van der Waals surface area (Å²) in [6.45, 7) is 1.97. The zero-order chi connectivity index (χ0) is 20.5. The molecule has 5 rings (SSSR count). The van der Waals surface area contributed by atoms with Crippen LogP contribution in [0.25, 0.3) is 16.5 Å². The van der Waals surface area contributed by atoms with E-state index in [9.17, 15) is 9.18 Å². The molecule has 2 aromatic heterocycles. The number of halogens is 1. The number of benzene rings is 2. The lowest BCUT2D eigenvalue weighted by Gasteiger charge is -2.26. The van der Waals surface area contributed by atoms with Crippen LogP contribution in [0.5, 0.6) is 0 Å². The average molecular weight is 400 g/mol. The molecule has 0 unspecified atom stereocenters. The Labute approximate surface area is 173 Å². The average Bonchev–Trinajstić information content (AvgIpc) is 3.43. The fourth-order valence-electron chi connectivity index (χ4n) is 3.99. The molecule has 0 bridgehead atoms. The Morgan fingerprint density at radius 1 is 1.17 bits per heavy atom. The molecule has 0 saturated carbocycles. The number of hydrogen-bond donors (Lipinski definition) is 1. The van der Waals surface area contributed by atoms with Crippen LogP contribution in [-0.4, -0.2) is 38.4 Å². The van der Waals surface area contributed by atoms with Gasteiger partial charge in [-0.05, 0) is 47.9 Å². The van der Waals surface area contributed by atoms with Gasteiger partial charge in [-0.3, -0.25) is 4.79 Å². The predicted octanol–water partition coefficient (Wildman–Crippen LogP) is 4.48. The summed E-state index contributed by atoms with van der Waals surface area (Å²) in [4.78, 5) is 22.0. The molecule has 0 atom stereocenters. The fourth-order valence-corrected chi connectivity index (χ4v) is 3.99. The van der Waals surface area contributed by atoms with Gasteiger partial charge in [0.2, 0.25) is 0 Å². The van der Waals surface area contributed by atoms with Crippen LogP contribution in [0, 0.1) is 5.82 Å². The number of imidazole rings is 1. The van der Waals surface area contributed by atoms with Crippen molar-refractivity contribution in [1.82, 2.24) is 19.4 Å². The van der Waals surface area contributed by atoms with Gasteiger partial charge in [0.05, 0.1) is 6.33 Å². The molecular weight excluding hydrogens is 379 g/mol. The van der Waals surface area contributed by atoms with Gasteiger partial charge in [0.15, 0.2) is 0 Å². The zero-order valence-electron chi connectivity index (χ0n) is 16.4. The molecule has 0 radical (unpaired) electrons. The molecule has 4 aromatic rings. The third-order valence-electron chi connectivity index (χ3n) is 5.61. The first kappa shape index (κ1) is 18.4. The minimum absolute atomic E-state index is 0.0421. The molecule has 3 heterocycles. The highest BCUT2D eigenvalue weighted by molar-refractivity contribution is 5.96. The van der Waals surface area contributed by atoms with E-state index in [0.29, 0.717) is 18.7 Å². The van der Waals surface area contributed by atoms with Crippen LogP contribution in [0.15, 0.2) is 73.5 Å². The van der Waals surface area contributed by atoms with Gasteiger partial charge in [0.1, 0.15) is 5.82 Å². The minimum atomic E-state index is -0.249. The van der Waals surface area contributed by atoms with Gasteiger partial charge in [-0.1, -0.05) is 18.2 Å². The monoisotopic (exact) mass is 400 g/mol. The normalized spacial score (nSPS) is 14.2. The number of fused-ring (bicyclic) bond motifs is 1. The van der Waals surface area contributed by atoms with E-state index in [1.54, 1.807) is 18.6 Å². The van der Waals surface area contributed by atoms with Gasteiger partial charge in [-0.15, -0.1) is 0 Å². The largest absolute Gasteiger partial charge is 0.360 e. The second-order valence-electron chi connectivity index (χ2n) is 7.55. The standard InChI is InChI=1S/C24H21FN4O/c25-20-5-6-21-22(14-27-23(21)13-20)18-7-10-29(11-8-18)24(30)19-3-1-17(2-4-19)15-28-12-9-26-16-28/h1-7,9,12-14,16,27H,8,10-11,15H2. The third-order valence-corrected chi connectivity index (χ3v) is 5.61. The van der Waals surface area contributed by atoms with Gasteiger partial charge in [-0.2, -0.15) is 0 Å². The number of carbonyl (C=O) groups is 1. The second kappa shape index (κ2) is 7.63. The van der Waals surface area contributed by atoms with Crippen molar-refractivity contribution in [1.29, 1.82) is 0 Å². The summed E-state index contributed by atoms with van der Waals surface area (Å²) < 4.78 is 15.4. The summed E-state index contributed by atoms with van der Waals surface area (Å²) in [5.41, 5.74) is 4.89. The van der Waals surface area contributed by atoms with Gasteiger partial charge < -0.3 is 14.5 Å². The molecule has 30 heavy (non-hydrogen) atoms. The van der Waals surface area contributed by atoms with Crippen LogP contribution in [-0.2, 0) is 6.54 Å². The summed E-state index contributed by atoms with van der Waals surface area (Å²) in [5, 5.41) is 1.01. The summed E-state index contributed by atoms with van der Waals surface area (Å²) >= 11 is 0. The van der Waals surface area contributed by atoms with Gasteiger partial charge >= 0.3 is 0 Å². The first-order valence-electron chi connectivity index (χ1n) is 9.97. The van der Waals surface area contributed by atoms with Crippen molar-refractivity contribution in [3.8, 4) is 0 Å². The number of carbonyl (C=O) groups excluding carboxylic acids is 1. The quantitative estimate of drug-likeness (QED) is 0.549. The van der Waals surface area contributed by atoms with E-state index in [0.717, 1.165) is 35.0 Å². The lowest BCUT2D eigenvalue weighted by molar-refractivity contribution is 0.0773. The molecule has 1 aliphatic heterocycles. The number of hydrogen-bond acceptors (Lipinski definition) is 2. The summed E-state index contributed by atoms with van der Waals surface area (Å²) in [5.74, 6) is -0.207. The maximum absolute atomic E-state index is 13.4. The third kappa shape index (κ3) is 3.52. The van der Waals surface area contributed by atoms with Crippen molar-refractivity contribution < 1.29 is 9.18 Å². The number of aromatic nitrogens is 3. The Morgan fingerprint density at radius 3 is 2.77 bits per heavy atom. The lowest BCUT2D eigenvalue weighted by Crippen LogP contribution is -2.34. The maximum Gasteiger partial charge on any atom is 0.254 e. The molecule has 1 amide bonds. The number of H-pyrrole nitrogens is 1. The van der Waals surface area contributed by atoms with Crippen molar-refractivity contribution in [2.45, 2.75) is 13.0 Å².